The zero-order valence-electron chi connectivity index (χ0n) is 18.7. The molecule has 0 amide bonds. The van der Waals surface area contributed by atoms with Crippen molar-refractivity contribution < 1.29 is 19.7 Å². The Labute approximate surface area is 198 Å². The molecule has 0 saturated carbocycles. The van der Waals surface area contributed by atoms with Crippen molar-refractivity contribution in [3.05, 3.63) is 138 Å². The van der Waals surface area contributed by atoms with Crippen LogP contribution in [0.3, 0.4) is 0 Å². The molecule has 4 rings (SSSR count). The summed E-state index contributed by atoms with van der Waals surface area (Å²) in [5.74, 6) is 0.311. The van der Waals surface area contributed by atoms with Crippen LogP contribution in [0.25, 0.3) is 11.1 Å². The smallest absolute Gasteiger partial charge is 0.338 e. The molecule has 0 unspecified atom stereocenters. The van der Waals surface area contributed by atoms with Gasteiger partial charge in [0.15, 0.2) is 0 Å². The largest absolute Gasteiger partial charge is 0.508 e. The van der Waals surface area contributed by atoms with E-state index in [1.54, 1.807) is 43.3 Å². The number of aromatic hydroxyl groups is 2. The van der Waals surface area contributed by atoms with E-state index >= 15 is 0 Å². The van der Waals surface area contributed by atoms with Crippen molar-refractivity contribution in [3.63, 3.8) is 0 Å². The molecule has 34 heavy (non-hydrogen) atoms. The molecule has 4 aromatic carbocycles. The molecule has 0 aliphatic rings. The maximum Gasteiger partial charge on any atom is 0.338 e. The molecule has 0 aromatic heterocycles. The summed E-state index contributed by atoms with van der Waals surface area (Å²) in [6.45, 7) is 5.22. The molecule has 4 aromatic rings. The van der Waals surface area contributed by atoms with E-state index < -0.39 is 5.97 Å². The fraction of sp³-hybridized carbons (Fsp3) is 0.0333. The molecule has 0 radical (unpaired) electrons. The summed E-state index contributed by atoms with van der Waals surface area (Å²) in [4.78, 5) is 11.9. The first-order valence-electron chi connectivity index (χ1n) is 10.8. The van der Waals surface area contributed by atoms with Crippen molar-refractivity contribution in [2.24, 2.45) is 0 Å². The minimum Gasteiger partial charge on any atom is -0.508 e. The van der Waals surface area contributed by atoms with Gasteiger partial charge in [-0.25, -0.2) is 4.79 Å². The zero-order chi connectivity index (χ0) is 24.1. The molecule has 0 heterocycles. The van der Waals surface area contributed by atoms with Crippen molar-refractivity contribution >= 4 is 17.1 Å². The van der Waals surface area contributed by atoms with Gasteiger partial charge >= 0.3 is 5.97 Å². The Morgan fingerprint density at radius 3 is 1.41 bits per heavy atom. The van der Waals surface area contributed by atoms with Crippen molar-refractivity contribution in [2.45, 2.75) is 6.92 Å². The van der Waals surface area contributed by atoms with E-state index in [1.807, 2.05) is 66.7 Å². The van der Waals surface area contributed by atoms with Gasteiger partial charge in [-0.3, -0.25) is 0 Å². The molecule has 0 aliphatic carbocycles. The van der Waals surface area contributed by atoms with Gasteiger partial charge in [0.2, 0.25) is 0 Å². The third-order valence-electron chi connectivity index (χ3n) is 5.33. The first-order valence-corrected chi connectivity index (χ1v) is 10.8. The summed E-state index contributed by atoms with van der Waals surface area (Å²) >= 11 is 0. The highest BCUT2D eigenvalue weighted by atomic mass is 16.5. The third kappa shape index (κ3) is 5.08. The molecule has 0 spiro atoms. The second-order valence-corrected chi connectivity index (χ2v) is 7.90. The lowest BCUT2D eigenvalue weighted by Crippen LogP contribution is -2.08. The van der Waals surface area contributed by atoms with Gasteiger partial charge in [-0.05, 0) is 76.7 Å². The molecule has 0 saturated heterocycles. The maximum absolute atomic E-state index is 11.9. The summed E-state index contributed by atoms with van der Waals surface area (Å²) < 4.78 is 5.36. The monoisotopic (exact) mass is 448 g/mol. The number of hydrogen-bond donors (Lipinski definition) is 2. The second kappa shape index (κ2) is 9.92. The molecule has 4 heteroatoms. The average molecular weight is 449 g/mol. The predicted molar refractivity (Wildman–Crippen MR) is 135 cm³/mol. The average Bonchev–Trinajstić information content (AvgIpc) is 2.85. The van der Waals surface area contributed by atoms with Crippen LogP contribution < -0.4 is 4.74 Å². The van der Waals surface area contributed by atoms with Gasteiger partial charge in [-0.1, -0.05) is 73.3 Å². The van der Waals surface area contributed by atoms with Gasteiger partial charge in [-0.2, -0.15) is 0 Å². The van der Waals surface area contributed by atoms with E-state index in [0.29, 0.717) is 11.3 Å². The lowest BCUT2D eigenvalue weighted by molar-refractivity contribution is -0.130. The Bertz CT molecular complexity index is 1330. The van der Waals surface area contributed by atoms with Gasteiger partial charge in [-0.15, -0.1) is 0 Å². The highest BCUT2D eigenvalue weighted by Gasteiger charge is 2.17. The van der Waals surface area contributed by atoms with E-state index in [1.165, 1.54) is 0 Å². The highest BCUT2D eigenvalue weighted by molar-refractivity contribution is 6.04. The van der Waals surface area contributed by atoms with Crippen LogP contribution in [0, 0.1) is 0 Å². The Hall–Kier alpha value is -4.57. The normalized spacial score (nSPS) is 11.4. The minimum atomic E-state index is -0.476. The van der Waals surface area contributed by atoms with Crippen molar-refractivity contribution in [1.82, 2.24) is 0 Å². The summed E-state index contributed by atoms with van der Waals surface area (Å²) in [5.41, 5.74) is 5.92. The minimum absolute atomic E-state index is 0.177. The van der Waals surface area contributed by atoms with Crippen LogP contribution in [-0.4, -0.2) is 16.2 Å². The van der Waals surface area contributed by atoms with Crippen LogP contribution >= 0.6 is 0 Å². The molecule has 4 nitrogen and oxygen atoms in total. The number of carbonyl (C=O) groups excluding carboxylic acids is 1. The van der Waals surface area contributed by atoms with Gasteiger partial charge in [0.05, 0.1) is 0 Å². The highest BCUT2D eigenvalue weighted by Crippen LogP contribution is 2.38. The second-order valence-electron chi connectivity index (χ2n) is 7.90. The first kappa shape index (κ1) is 22.6. The van der Waals surface area contributed by atoms with Gasteiger partial charge in [0.25, 0.3) is 0 Å². The molecular formula is C30H24O4. The van der Waals surface area contributed by atoms with Crippen LogP contribution in [0.5, 0.6) is 17.2 Å². The van der Waals surface area contributed by atoms with Gasteiger partial charge < -0.3 is 14.9 Å². The Kier molecular flexibility index (Phi) is 6.60. The van der Waals surface area contributed by atoms with Crippen LogP contribution in [0.1, 0.15) is 29.2 Å². The molecule has 0 fully saturated rings. The van der Waals surface area contributed by atoms with E-state index in [2.05, 4.69) is 6.58 Å². The van der Waals surface area contributed by atoms with E-state index in [0.717, 1.165) is 33.4 Å². The summed E-state index contributed by atoms with van der Waals surface area (Å²) in [6, 6.07) is 31.4. The molecular weight excluding hydrogens is 424 g/mol. The van der Waals surface area contributed by atoms with Crippen molar-refractivity contribution in [3.8, 4) is 17.2 Å². The fourth-order valence-electron chi connectivity index (χ4n) is 3.66. The Balaban J connectivity index is 1.95. The van der Waals surface area contributed by atoms with Crippen molar-refractivity contribution in [2.75, 3.05) is 0 Å². The quantitative estimate of drug-likeness (QED) is 0.151. The van der Waals surface area contributed by atoms with E-state index in [4.69, 9.17) is 4.74 Å². The Morgan fingerprint density at radius 2 is 1.00 bits per heavy atom. The SMILES string of the molecule is C=C(C)C(=O)Oc1ccc(C(=C(c2ccccc2)c2ccc(O)cc2)c2ccc(O)cc2)cc1. The third-order valence-corrected chi connectivity index (χ3v) is 5.33. The number of hydrogen-bond acceptors (Lipinski definition) is 4. The maximum atomic E-state index is 11.9. The number of phenols is 2. The van der Waals surface area contributed by atoms with Gasteiger partial charge in [0.1, 0.15) is 17.2 Å². The van der Waals surface area contributed by atoms with Crippen LogP contribution in [0.4, 0.5) is 0 Å². The fourth-order valence-corrected chi connectivity index (χ4v) is 3.66. The summed E-state index contributed by atoms with van der Waals surface area (Å²) in [5, 5.41) is 19.7. The van der Waals surface area contributed by atoms with Crippen LogP contribution in [0.2, 0.25) is 0 Å². The number of phenolic OH excluding ortho intramolecular Hbond substituents is 2. The first-order chi connectivity index (χ1) is 16.4. The zero-order valence-corrected chi connectivity index (χ0v) is 18.7. The van der Waals surface area contributed by atoms with Crippen LogP contribution in [0.15, 0.2) is 115 Å². The molecule has 0 bridgehead atoms. The predicted octanol–water partition coefficient (Wildman–Crippen LogP) is 6.59. The number of ether oxygens (including phenoxy) is 1. The number of benzene rings is 4. The standard InChI is InChI=1S/C30H24O4/c1-20(2)30(33)34-27-18-12-24(13-19-27)29(23-10-16-26(32)17-11-23)28(21-6-4-3-5-7-21)22-8-14-25(31)15-9-22/h3-19,31-32H,1H2,2H3. The lowest BCUT2D eigenvalue weighted by atomic mass is 9.86. The summed E-state index contributed by atoms with van der Waals surface area (Å²) in [7, 11) is 0. The molecule has 168 valence electrons. The molecule has 2 N–H and O–H groups in total. The summed E-state index contributed by atoms with van der Waals surface area (Å²) in [6.07, 6.45) is 0. The number of esters is 1. The van der Waals surface area contributed by atoms with E-state index in [-0.39, 0.29) is 11.5 Å². The van der Waals surface area contributed by atoms with Crippen molar-refractivity contribution in [1.29, 1.82) is 0 Å². The molecule has 0 aliphatic heterocycles. The Morgan fingerprint density at radius 1 is 0.618 bits per heavy atom. The van der Waals surface area contributed by atoms with Crippen LogP contribution in [-0.2, 0) is 4.79 Å². The topological polar surface area (TPSA) is 66.8 Å². The molecule has 0 atom stereocenters. The van der Waals surface area contributed by atoms with Gasteiger partial charge in [0, 0.05) is 5.57 Å². The number of rotatable bonds is 6. The van der Waals surface area contributed by atoms with E-state index in [9.17, 15) is 15.0 Å². The number of carbonyl (C=O) groups is 1. The lowest BCUT2D eigenvalue weighted by Gasteiger charge is -2.18.